The number of nitrogens with zero attached hydrogens (tertiary/aromatic N) is 1. The van der Waals surface area contributed by atoms with E-state index in [2.05, 4.69) is 5.32 Å². The zero-order valence-corrected chi connectivity index (χ0v) is 11.2. The smallest absolute Gasteiger partial charge is 0.269 e. The molecule has 6 heteroatoms. The number of non-ortho nitro benzene ring substituents is 1. The van der Waals surface area contributed by atoms with Crippen LogP contribution in [0.15, 0.2) is 42.5 Å². The third-order valence-electron chi connectivity index (χ3n) is 2.81. The summed E-state index contributed by atoms with van der Waals surface area (Å²) in [6.45, 7) is 0.596. The topological polar surface area (TPSA) is 55.2 Å². The third kappa shape index (κ3) is 3.68. The molecule has 0 bridgehead atoms. The van der Waals surface area contributed by atoms with Crippen LogP contribution >= 0.6 is 11.6 Å². The van der Waals surface area contributed by atoms with E-state index in [0.29, 0.717) is 18.7 Å². The molecule has 0 saturated carbocycles. The Morgan fingerprint density at radius 3 is 2.50 bits per heavy atom. The molecular formula is C14H12ClFN2O2. The largest absolute Gasteiger partial charge is 0.385 e. The van der Waals surface area contributed by atoms with Crippen molar-refractivity contribution in [3.8, 4) is 0 Å². The molecule has 0 spiro atoms. The van der Waals surface area contributed by atoms with Gasteiger partial charge in [-0.05, 0) is 30.2 Å². The molecule has 0 aromatic heterocycles. The van der Waals surface area contributed by atoms with Crippen LogP contribution in [0.1, 0.15) is 5.56 Å². The maximum atomic E-state index is 13.2. The van der Waals surface area contributed by atoms with Crippen LogP contribution < -0.4 is 5.32 Å². The summed E-state index contributed by atoms with van der Waals surface area (Å²) >= 11 is 5.59. The summed E-state index contributed by atoms with van der Waals surface area (Å²) in [6, 6.07) is 10.9. The number of nitrogens with one attached hydrogen (secondary N) is 1. The molecule has 1 N–H and O–H groups in total. The molecular weight excluding hydrogens is 283 g/mol. The molecule has 0 saturated heterocycles. The Hall–Kier alpha value is -2.14. The van der Waals surface area contributed by atoms with Crippen LogP contribution in [0.5, 0.6) is 0 Å². The molecule has 0 aliphatic carbocycles. The van der Waals surface area contributed by atoms with Crippen molar-refractivity contribution in [2.75, 3.05) is 11.9 Å². The summed E-state index contributed by atoms with van der Waals surface area (Å²) in [5.74, 6) is -0.466. The number of nitro groups is 1. The molecule has 0 amide bonds. The van der Waals surface area contributed by atoms with Crippen LogP contribution in [0.2, 0.25) is 5.02 Å². The van der Waals surface area contributed by atoms with Gasteiger partial charge < -0.3 is 5.32 Å². The van der Waals surface area contributed by atoms with Crippen molar-refractivity contribution in [3.63, 3.8) is 0 Å². The molecule has 20 heavy (non-hydrogen) atoms. The van der Waals surface area contributed by atoms with Crippen LogP contribution in [0.25, 0.3) is 0 Å². The Bertz CT molecular complexity index is 617. The maximum absolute atomic E-state index is 13.2. The first-order chi connectivity index (χ1) is 9.56. The number of anilines is 1. The summed E-state index contributed by atoms with van der Waals surface area (Å²) in [5, 5.41) is 13.7. The molecule has 0 heterocycles. The summed E-state index contributed by atoms with van der Waals surface area (Å²) in [5.41, 5.74) is 1.69. The molecule has 0 aliphatic heterocycles. The van der Waals surface area contributed by atoms with E-state index >= 15 is 0 Å². The van der Waals surface area contributed by atoms with Gasteiger partial charge in [0.15, 0.2) is 0 Å². The highest BCUT2D eigenvalue weighted by molar-refractivity contribution is 6.30. The molecule has 2 rings (SSSR count). The lowest BCUT2D eigenvalue weighted by Gasteiger charge is -2.07. The standard InChI is InChI=1S/C14H12ClFN2O2/c15-13-6-3-11(9-14(13)16)17-8-7-10-1-4-12(5-2-10)18(19)20/h1-6,9,17H,7-8H2. The summed E-state index contributed by atoms with van der Waals surface area (Å²) < 4.78 is 13.2. The van der Waals surface area contributed by atoms with E-state index in [1.54, 1.807) is 18.2 Å². The Morgan fingerprint density at radius 1 is 1.20 bits per heavy atom. The van der Waals surface area contributed by atoms with Gasteiger partial charge in [-0.15, -0.1) is 0 Å². The van der Waals surface area contributed by atoms with Crippen molar-refractivity contribution in [2.45, 2.75) is 6.42 Å². The highest BCUT2D eigenvalue weighted by Gasteiger charge is 2.04. The predicted molar refractivity (Wildman–Crippen MR) is 76.7 cm³/mol. The van der Waals surface area contributed by atoms with Crippen LogP contribution in [0, 0.1) is 15.9 Å². The number of hydrogen-bond donors (Lipinski definition) is 1. The van der Waals surface area contributed by atoms with Crippen LogP contribution in [-0.2, 0) is 6.42 Å². The van der Waals surface area contributed by atoms with Gasteiger partial charge in [-0.25, -0.2) is 4.39 Å². The Balaban J connectivity index is 1.89. The van der Waals surface area contributed by atoms with Crippen molar-refractivity contribution in [3.05, 3.63) is 69.0 Å². The SMILES string of the molecule is O=[N+]([O-])c1ccc(CCNc2ccc(Cl)c(F)c2)cc1. The van der Waals surface area contributed by atoms with Crippen molar-refractivity contribution in [1.82, 2.24) is 0 Å². The van der Waals surface area contributed by atoms with Gasteiger partial charge in [0, 0.05) is 24.4 Å². The van der Waals surface area contributed by atoms with Crippen molar-refractivity contribution in [1.29, 1.82) is 0 Å². The summed E-state index contributed by atoms with van der Waals surface area (Å²) in [7, 11) is 0. The molecule has 2 aromatic rings. The average molecular weight is 295 g/mol. The average Bonchev–Trinajstić information content (AvgIpc) is 2.43. The number of rotatable bonds is 5. The second-order valence-corrected chi connectivity index (χ2v) is 4.64. The van der Waals surface area contributed by atoms with Gasteiger partial charge in [-0.3, -0.25) is 10.1 Å². The monoisotopic (exact) mass is 294 g/mol. The van der Waals surface area contributed by atoms with E-state index < -0.39 is 10.7 Å². The fourth-order valence-electron chi connectivity index (χ4n) is 1.74. The molecule has 4 nitrogen and oxygen atoms in total. The van der Waals surface area contributed by atoms with Gasteiger partial charge in [0.05, 0.1) is 9.95 Å². The molecule has 104 valence electrons. The Labute approximate surface area is 120 Å². The minimum Gasteiger partial charge on any atom is -0.385 e. The van der Waals surface area contributed by atoms with E-state index in [9.17, 15) is 14.5 Å². The van der Waals surface area contributed by atoms with Crippen LogP contribution in [0.3, 0.4) is 0 Å². The Kier molecular flexibility index (Phi) is 4.53. The zero-order valence-electron chi connectivity index (χ0n) is 10.5. The summed E-state index contributed by atoms with van der Waals surface area (Å²) in [6.07, 6.45) is 0.683. The highest BCUT2D eigenvalue weighted by atomic mass is 35.5. The summed E-state index contributed by atoms with van der Waals surface area (Å²) in [4.78, 5) is 10.1. The van der Waals surface area contributed by atoms with Gasteiger partial charge in [-0.2, -0.15) is 0 Å². The lowest BCUT2D eigenvalue weighted by atomic mass is 10.1. The first kappa shape index (κ1) is 14.3. The molecule has 0 radical (unpaired) electrons. The Morgan fingerprint density at radius 2 is 1.90 bits per heavy atom. The first-order valence-corrected chi connectivity index (χ1v) is 6.36. The first-order valence-electron chi connectivity index (χ1n) is 5.98. The molecule has 0 aliphatic rings. The normalized spacial score (nSPS) is 10.3. The van der Waals surface area contributed by atoms with Gasteiger partial charge >= 0.3 is 0 Å². The van der Waals surface area contributed by atoms with Gasteiger partial charge in [-0.1, -0.05) is 23.7 Å². The second kappa shape index (κ2) is 6.34. The number of nitro benzene ring substituents is 1. The van der Waals surface area contributed by atoms with E-state index in [1.165, 1.54) is 24.3 Å². The number of benzene rings is 2. The highest BCUT2D eigenvalue weighted by Crippen LogP contribution is 2.18. The lowest BCUT2D eigenvalue weighted by Crippen LogP contribution is -2.05. The van der Waals surface area contributed by atoms with Crippen molar-refractivity contribution in [2.24, 2.45) is 0 Å². The third-order valence-corrected chi connectivity index (χ3v) is 3.12. The molecule has 0 unspecified atom stereocenters. The van der Waals surface area contributed by atoms with Gasteiger partial charge in [0.25, 0.3) is 5.69 Å². The van der Waals surface area contributed by atoms with Crippen molar-refractivity contribution < 1.29 is 9.31 Å². The van der Waals surface area contributed by atoms with E-state index in [4.69, 9.17) is 11.6 Å². The van der Waals surface area contributed by atoms with Crippen molar-refractivity contribution >= 4 is 23.0 Å². The minimum atomic E-state index is -0.466. The van der Waals surface area contributed by atoms with E-state index in [0.717, 1.165) is 5.56 Å². The quantitative estimate of drug-likeness (QED) is 0.669. The number of hydrogen-bond acceptors (Lipinski definition) is 3. The number of halogens is 2. The van der Waals surface area contributed by atoms with Crippen LogP contribution in [-0.4, -0.2) is 11.5 Å². The minimum absolute atomic E-state index is 0.0708. The van der Waals surface area contributed by atoms with Crippen LogP contribution in [0.4, 0.5) is 15.8 Å². The van der Waals surface area contributed by atoms with Gasteiger partial charge in [0.1, 0.15) is 5.82 Å². The zero-order chi connectivity index (χ0) is 14.5. The van der Waals surface area contributed by atoms with E-state index in [1.807, 2.05) is 0 Å². The second-order valence-electron chi connectivity index (χ2n) is 4.23. The lowest BCUT2D eigenvalue weighted by molar-refractivity contribution is -0.384. The maximum Gasteiger partial charge on any atom is 0.269 e. The van der Waals surface area contributed by atoms with E-state index in [-0.39, 0.29) is 10.7 Å². The fraction of sp³-hybridized carbons (Fsp3) is 0.143. The predicted octanol–water partition coefficient (Wildman–Crippen LogP) is 4.04. The van der Waals surface area contributed by atoms with Gasteiger partial charge in [0.2, 0.25) is 0 Å². The molecule has 2 aromatic carbocycles. The molecule has 0 fully saturated rings. The molecule has 0 atom stereocenters. The fourth-order valence-corrected chi connectivity index (χ4v) is 1.86.